The van der Waals surface area contributed by atoms with E-state index in [1.165, 1.54) is 6.07 Å². The zero-order valence-electron chi connectivity index (χ0n) is 9.83. The number of nitrogens with two attached hydrogens (primary N) is 1. The number of nitrogens with zero attached hydrogens (tertiary/aromatic N) is 1. The molecule has 1 aromatic rings. The van der Waals surface area contributed by atoms with Gasteiger partial charge in [0.15, 0.2) is 0 Å². The number of nitrogen functional groups attached to an aromatic ring is 1. The summed E-state index contributed by atoms with van der Waals surface area (Å²) in [6.07, 6.45) is -4.33. The summed E-state index contributed by atoms with van der Waals surface area (Å²) in [5, 5.41) is 0. The Morgan fingerprint density at radius 1 is 1.22 bits per heavy atom. The molecule has 1 aliphatic heterocycles. The largest absolute Gasteiger partial charge is 0.416 e. The van der Waals surface area contributed by atoms with Crippen LogP contribution in [0, 0.1) is 0 Å². The molecule has 0 unspecified atom stereocenters. The predicted molar refractivity (Wildman–Crippen MR) is 62.0 cm³/mol. The molecular weight excluding hydrogens is 245 g/mol. The summed E-state index contributed by atoms with van der Waals surface area (Å²) in [7, 11) is 0. The monoisotopic (exact) mass is 260 g/mol. The standard InChI is InChI=1S/C12H15F3N2O/c13-12(14,15)10-1-2-11(16)9(7-10)8-17-3-5-18-6-4-17/h1-2,7H,3-6,8,16H2. The van der Waals surface area contributed by atoms with E-state index in [1.54, 1.807) is 0 Å². The van der Waals surface area contributed by atoms with Crippen molar-refractivity contribution in [2.45, 2.75) is 12.7 Å². The fourth-order valence-electron chi connectivity index (χ4n) is 1.92. The third-order valence-electron chi connectivity index (χ3n) is 2.97. The predicted octanol–water partition coefficient (Wildman–Crippen LogP) is 2.12. The summed E-state index contributed by atoms with van der Waals surface area (Å²) in [6, 6.07) is 3.46. The number of anilines is 1. The van der Waals surface area contributed by atoms with Gasteiger partial charge in [0.25, 0.3) is 0 Å². The summed E-state index contributed by atoms with van der Waals surface area (Å²) >= 11 is 0. The molecular formula is C12H15F3N2O. The van der Waals surface area contributed by atoms with Crippen molar-refractivity contribution in [1.29, 1.82) is 0 Å². The summed E-state index contributed by atoms with van der Waals surface area (Å²) in [5.74, 6) is 0. The molecule has 1 heterocycles. The van der Waals surface area contributed by atoms with Gasteiger partial charge >= 0.3 is 6.18 Å². The molecule has 2 N–H and O–H groups in total. The maximum atomic E-state index is 12.6. The molecule has 6 heteroatoms. The third kappa shape index (κ3) is 3.14. The van der Waals surface area contributed by atoms with Crippen molar-refractivity contribution >= 4 is 5.69 Å². The van der Waals surface area contributed by atoms with Gasteiger partial charge in [0.05, 0.1) is 18.8 Å². The number of ether oxygens (including phenoxy) is 1. The van der Waals surface area contributed by atoms with Crippen molar-refractivity contribution in [3.8, 4) is 0 Å². The van der Waals surface area contributed by atoms with Crippen molar-refractivity contribution in [3.63, 3.8) is 0 Å². The first-order valence-electron chi connectivity index (χ1n) is 5.72. The summed E-state index contributed by atoms with van der Waals surface area (Å²) < 4.78 is 43.0. The summed E-state index contributed by atoms with van der Waals surface area (Å²) in [6.45, 7) is 3.09. The van der Waals surface area contributed by atoms with Crippen molar-refractivity contribution in [3.05, 3.63) is 29.3 Å². The lowest BCUT2D eigenvalue weighted by molar-refractivity contribution is -0.137. The Kier molecular flexibility index (Phi) is 3.77. The van der Waals surface area contributed by atoms with Crippen LogP contribution in [0.25, 0.3) is 0 Å². The van der Waals surface area contributed by atoms with Gasteiger partial charge in [0, 0.05) is 25.3 Å². The average molecular weight is 260 g/mol. The summed E-state index contributed by atoms with van der Waals surface area (Å²) in [4.78, 5) is 2.04. The molecule has 0 aliphatic carbocycles. The molecule has 100 valence electrons. The molecule has 0 bridgehead atoms. The highest BCUT2D eigenvalue weighted by atomic mass is 19.4. The molecule has 1 fully saturated rings. The van der Waals surface area contributed by atoms with Gasteiger partial charge in [0.2, 0.25) is 0 Å². The Bertz CT molecular complexity index is 414. The Morgan fingerprint density at radius 2 is 1.89 bits per heavy atom. The lowest BCUT2D eigenvalue weighted by Crippen LogP contribution is -2.35. The van der Waals surface area contributed by atoms with Crippen LogP contribution in [-0.2, 0) is 17.5 Å². The lowest BCUT2D eigenvalue weighted by atomic mass is 10.1. The maximum absolute atomic E-state index is 12.6. The van der Waals surface area contributed by atoms with Crippen LogP contribution in [0.4, 0.5) is 18.9 Å². The average Bonchev–Trinajstić information content (AvgIpc) is 2.32. The third-order valence-corrected chi connectivity index (χ3v) is 2.97. The highest BCUT2D eigenvalue weighted by molar-refractivity contribution is 5.49. The second-order valence-corrected chi connectivity index (χ2v) is 4.30. The molecule has 0 spiro atoms. The molecule has 3 nitrogen and oxygen atoms in total. The van der Waals surface area contributed by atoms with E-state index in [2.05, 4.69) is 0 Å². The maximum Gasteiger partial charge on any atom is 0.416 e. The van der Waals surface area contributed by atoms with Crippen molar-refractivity contribution in [2.24, 2.45) is 0 Å². The van der Waals surface area contributed by atoms with E-state index in [9.17, 15) is 13.2 Å². The van der Waals surface area contributed by atoms with Crippen LogP contribution in [0.3, 0.4) is 0 Å². The van der Waals surface area contributed by atoms with Crippen LogP contribution in [0.2, 0.25) is 0 Å². The smallest absolute Gasteiger partial charge is 0.398 e. The molecule has 1 aliphatic rings. The van der Waals surface area contributed by atoms with Gasteiger partial charge in [-0.1, -0.05) is 0 Å². The second kappa shape index (κ2) is 5.16. The van der Waals surface area contributed by atoms with Gasteiger partial charge in [0.1, 0.15) is 0 Å². The van der Waals surface area contributed by atoms with Gasteiger partial charge in [-0.2, -0.15) is 13.2 Å². The molecule has 1 saturated heterocycles. The normalized spacial score (nSPS) is 17.9. The molecule has 1 aromatic carbocycles. The van der Waals surface area contributed by atoms with E-state index in [4.69, 9.17) is 10.5 Å². The Balaban J connectivity index is 2.15. The van der Waals surface area contributed by atoms with Crippen LogP contribution in [0.15, 0.2) is 18.2 Å². The van der Waals surface area contributed by atoms with E-state index >= 15 is 0 Å². The minimum Gasteiger partial charge on any atom is -0.398 e. The number of hydrogen-bond acceptors (Lipinski definition) is 3. The van der Waals surface area contributed by atoms with Gasteiger partial charge in [-0.05, 0) is 23.8 Å². The first kappa shape index (κ1) is 13.2. The van der Waals surface area contributed by atoms with Crippen LogP contribution in [-0.4, -0.2) is 31.2 Å². The van der Waals surface area contributed by atoms with Crippen LogP contribution in [0.5, 0.6) is 0 Å². The number of halogens is 3. The number of hydrogen-bond donors (Lipinski definition) is 1. The van der Waals surface area contributed by atoms with E-state index < -0.39 is 11.7 Å². The first-order valence-corrected chi connectivity index (χ1v) is 5.72. The minimum absolute atomic E-state index is 0.398. The van der Waals surface area contributed by atoms with Gasteiger partial charge < -0.3 is 10.5 Å². The van der Waals surface area contributed by atoms with E-state index in [0.717, 1.165) is 25.2 Å². The van der Waals surface area contributed by atoms with E-state index in [1.807, 2.05) is 4.90 Å². The van der Waals surface area contributed by atoms with Crippen molar-refractivity contribution in [1.82, 2.24) is 4.90 Å². The van der Waals surface area contributed by atoms with Crippen LogP contribution < -0.4 is 5.73 Å². The Hall–Kier alpha value is -1.27. The lowest BCUT2D eigenvalue weighted by Gasteiger charge is -2.27. The minimum atomic E-state index is -4.33. The molecule has 0 aromatic heterocycles. The second-order valence-electron chi connectivity index (χ2n) is 4.30. The topological polar surface area (TPSA) is 38.5 Å². The SMILES string of the molecule is Nc1ccc(C(F)(F)F)cc1CN1CCOCC1. The fraction of sp³-hybridized carbons (Fsp3) is 0.500. The molecule has 0 amide bonds. The number of morpholine rings is 1. The first-order chi connectivity index (χ1) is 8.47. The summed E-state index contributed by atoms with van der Waals surface area (Å²) in [5.41, 5.74) is 5.99. The molecule has 0 atom stereocenters. The van der Waals surface area contributed by atoms with Crippen LogP contribution >= 0.6 is 0 Å². The quantitative estimate of drug-likeness (QED) is 0.828. The highest BCUT2D eigenvalue weighted by Gasteiger charge is 2.31. The van der Waals surface area contributed by atoms with E-state index in [0.29, 0.717) is 31.0 Å². The van der Waals surface area contributed by atoms with Crippen LogP contribution in [0.1, 0.15) is 11.1 Å². The Labute approximate surface area is 103 Å². The number of benzene rings is 1. The zero-order valence-corrected chi connectivity index (χ0v) is 9.83. The highest BCUT2D eigenvalue weighted by Crippen LogP contribution is 2.31. The van der Waals surface area contributed by atoms with Crippen molar-refractivity contribution in [2.75, 3.05) is 32.0 Å². The fourth-order valence-corrected chi connectivity index (χ4v) is 1.92. The van der Waals surface area contributed by atoms with Crippen molar-refractivity contribution < 1.29 is 17.9 Å². The number of alkyl halides is 3. The molecule has 0 radical (unpaired) electrons. The molecule has 2 rings (SSSR count). The van der Waals surface area contributed by atoms with E-state index in [-0.39, 0.29) is 0 Å². The van der Waals surface area contributed by atoms with Gasteiger partial charge in [-0.3, -0.25) is 4.90 Å². The molecule has 0 saturated carbocycles. The number of rotatable bonds is 2. The molecule has 18 heavy (non-hydrogen) atoms. The van der Waals surface area contributed by atoms with Gasteiger partial charge in [-0.25, -0.2) is 0 Å². The Morgan fingerprint density at radius 3 is 2.50 bits per heavy atom. The van der Waals surface area contributed by atoms with Gasteiger partial charge in [-0.15, -0.1) is 0 Å². The zero-order chi connectivity index (χ0) is 13.2.